The zero-order valence-electron chi connectivity index (χ0n) is 12.2. The molecule has 3 heteroatoms. The summed E-state index contributed by atoms with van der Waals surface area (Å²) in [4.78, 5) is 0. The minimum Gasteiger partial charge on any atom is -1.00 e. The number of hydrogen-bond acceptors (Lipinski definition) is 0. The van der Waals surface area contributed by atoms with Gasteiger partial charge in [0.05, 0.1) is 0 Å². The van der Waals surface area contributed by atoms with Crippen LogP contribution < -0.4 is 48.0 Å². The summed E-state index contributed by atoms with van der Waals surface area (Å²) in [5, 5.41) is 2.73. The third-order valence-electron chi connectivity index (χ3n) is 3.79. The largest absolute Gasteiger partial charge is 1.00 e. The Balaban J connectivity index is 0.00000133. The molecular formula is C18H19HfI2-3. The molecule has 3 rings (SSSR count). The molecule has 1 aliphatic carbocycles. The number of benzene rings is 1. The van der Waals surface area contributed by atoms with Gasteiger partial charge < -0.3 is 48.0 Å². The van der Waals surface area contributed by atoms with Gasteiger partial charge in [0, 0.05) is 25.8 Å². The number of rotatable bonds is 4. The smallest absolute Gasteiger partial charge is 0 e. The summed E-state index contributed by atoms with van der Waals surface area (Å²) in [5.74, 6) is 0. The Labute approximate surface area is 180 Å². The van der Waals surface area contributed by atoms with Crippen molar-refractivity contribution in [2.45, 2.75) is 32.6 Å². The van der Waals surface area contributed by atoms with E-state index in [4.69, 9.17) is 0 Å². The van der Waals surface area contributed by atoms with Gasteiger partial charge >= 0.3 is 0 Å². The summed E-state index contributed by atoms with van der Waals surface area (Å²) in [5.41, 5.74) is 4.51. The normalized spacial score (nSPS) is 12.8. The summed E-state index contributed by atoms with van der Waals surface area (Å²) >= 11 is 0. The zero-order chi connectivity index (χ0) is 12.4. The molecule has 2 aromatic rings. The van der Waals surface area contributed by atoms with Crippen LogP contribution in [0.25, 0.3) is 16.3 Å². The van der Waals surface area contributed by atoms with Gasteiger partial charge in [0.25, 0.3) is 0 Å². The average molecular weight is 668 g/mol. The Kier molecular flexibility index (Phi) is 10.7. The molecule has 0 spiro atoms. The molecule has 0 heterocycles. The van der Waals surface area contributed by atoms with E-state index in [-0.39, 0.29) is 73.8 Å². The van der Waals surface area contributed by atoms with Crippen molar-refractivity contribution in [3.63, 3.8) is 0 Å². The first-order valence-corrected chi connectivity index (χ1v) is 6.93. The molecule has 0 nitrogen and oxygen atoms in total. The molecule has 0 N–H and O–H groups in total. The van der Waals surface area contributed by atoms with Crippen LogP contribution in [0.3, 0.4) is 0 Å². The topological polar surface area (TPSA) is 0 Å². The predicted molar refractivity (Wildman–Crippen MR) is 79.7 cm³/mol. The number of unbranched alkanes of at least 4 members (excludes halogenated alkanes) is 1. The molecular weight excluding hydrogens is 648 g/mol. The van der Waals surface area contributed by atoms with E-state index in [1.165, 1.54) is 35.6 Å². The van der Waals surface area contributed by atoms with Crippen molar-refractivity contribution in [2.24, 2.45) is 0 Å². The quantitative estimate of drug-likeness (QED) is 0.234. The van der Waals surface area contributed by atoms with E-state index >= 15 is 0 Å². The zero-order valence-corrected chi connectivity index (χ0v) is 20.1. The Morgan fingerprint density at radius 1 is 1.14 bits per heavy atom. The van der Waals surface area contributed by atoms with Gasteiger partial charge in [-0.05, 0) is 12.8 Å². The maximum atomic E-state index is 2.34. The second-order valence-electron chi connectivity index (χ2n) is 5.09. The number of halogens is 2. The van der Waals surface area contributed by atoms with Gasteiger partial charge in [0.15, 0.2) is 0 Å². The second-order valence-corrected chi connectivity index (χ2v) is 5.09. The SMILES string of the molecule is CCCCC1=C(c2cc3ccccc3[cH-]2)CC=C1.[Hf].[I-].[I-]. The van der Waals surface area contributed by atoms with Crippen LogP contribution in [0.4, 0.5) is 0 Å². The van der Waals surface area contributed by atoms with E-state index in [0.717, 1.165) is 6.42 Å². The fraction of sp³-hybridized carbons (Fsp3) is 0.278. The number of hydrogen-bond donors (Lipinski definition) is 0. The van der Waals surface area contributed by atoms with E-state index in [1.807, 2.05) is 0 Å². The first-order valence-electron chi connectivity index (χ1n) is 6.93. The van der Waals surface area contributed by atoms with Gasteiger partial charge in [-0.2, -0.15) is 0 Å². The molecule has 0 aliphatic heterocycles. The molecule has 2 aromatic carbocycles. The molecule has 0 saturated heterocycles. The Hall–Kier alpha value is 0.640. The summed E-state index contributed by atoms with van der Waals surface area (Å²) in [6.07, 6.45) is 9.52. The molecule has 0 amide bonds. The number of fused-ring (bicyclic) bond motifs is 1. The van der Waals surface area contributed by atoms with Crippen molar-refractivity contribution in [1.82, 2.24) is 0 Å². The molecule has 21 heavy (non-hydrogen) atoms. The Morgan fingerprint density at radius 2 is 1.90 bits per heavy atom. The molecule has 0 bridgehead atoms. The monoisotopic (exact) mass is 669 g/mol. The molecule has 0 fully saturated rings. The van der Waals surface area contributed by atoms with E-state index in [0.29, 0.717) is 0 Å². The minimum absolute atomic E-state index is 0. The van der Waals surface area contributed by atoms with Gasteiger partial charge in [-0.15, -0.1) is 34.5 Å². The molecule has 1 aliphatic rings. The van der Waals surface area contributed by atoms with Crippen LogP contribution in [0.15, 0.2) is 54.1 Å². The van der Waals surface area contributed by atoms with E-state index in [1.54, 1.807) is 11.1 Å². The van der Waals surface area contributed by atoms with Crippen LogP contribution in [0.1, 0.15) is 38.2 Å². The van der Waals surface area contributed by atoms with Gasteiger partial charge in [-0.25, -0.2) is 0 Å². The Bertz CT molecular complexity index is 590. The van der Waals surface area contributed by atoms with Crippen molar-refractivity contribution >= 4 is 16.3 Å². The van der Waals surface area contributed by atoms with Crippen LogP contribution in [0.5, 0.6) is 0 Å². The average Bonchev–Trinajstić information content (AvgIpc) is 3.01. The van der Waals surface area contributed by atoms with Gasteiger partial charge in [0.2, 0.25) is 0 Å². The second kappa shape index (κ2) is 10.4. The van der Waals surface area contributed by atoms with Crippen molar-refractivity contribution in [3.8, 4) is 0 Å². The number of allylic oxidation sites excluding steroid dienone is 4. The van der Waals surface area contributed by atoms with Gasteiger partial charge in [-0.3, -0.25) is 0 Å². The molecule has 0 radical (unpaired) electrons. The van der Waals surface area contributed by atoms with E-state index in [9.17, 15) is 0 Å². The van der Waals surface area contributed by atoms with Crippen molar-refractivity contribution in [3.05, 3.63) is 59.7 Å². The Morgan fingerprint density at radius 3 is 2.62 bits per heavy atom. The predicted octanol–water partition coefficient (Wildman–Crippen LogP) is -0.532. The molecule has 0 saturated carbocycles. The third-order valence-corrected chi connectivity index (χ3v) is 3.79. The molecule has 0 unspecified atom stereocenters. The first kappa shape index (κ1) is 21.6. The van der Waals surface area contributed by atoms with Crippen molar-refractivity contribution in [1.29, 1.82) is 0 Å². The standard InChI is InChI=1S/C18H19.Hf.2HI/c1-2-3-7-14-10-6-11-18(14)17-12-15-8-4-5-9-16(15)13-17;;;/h4-6,8-10,12-13H,2-3,7,11H2,1H3;;2*1H/q-1;;;/p-2. The van der Waals surface area contributed by atoms with Crippen molar-refractivity contribution < 1.29 is 73.8 Å². The van der Waals surface area contributed by atoms with Gasteiger partial charge in [0.1, 0.15) is 0 Å². The van der Waals surface area contributed by atoms with Crippen molar-refractivity contribution in [2.75, 3.05) is 0 Å². The van der Waals surface area contributed by atoms with Crippen LogP contribution in [0.2, 0.25) is 0 Å². The summed E-state index contributed by atoms with van der Waals surface area (Å²) in [6.45, 7) is 2.26. The fourth-order valence-corrected chi connectivity index (χ4v) is 2.78. The summed E-state index contributed by atoms with van der Waals surface area (Å²) < 4.78 is 0. The van der Waals surface area contributed by atoms with E-state index < -0.39 is 0 Å². The third kappa shape index (κ3) is 5.06. The van der Waals surface area contributed by atoms with E-state index in [2.05, 4.69) is 55.5 Å². The first-order chi connectivity index (χ1) is 8.88. The molecule has 0 atom stereocenters. The van der Waals surface area contributed by atoms with Crippen LogP contribution in [-0.2, 0) is 25.8 Å². The van der Waals surface area contributed by atoms with Crippen LogP contribution >= 0.6 is 0 Å². The maximum Gasteiger partial charge on any atom is 0 e. The minimum atomic E-state index is 0. The summed E-state index contributed by atoms with van der Waals surface area (Å²) in [7, 11) is 0. The van der Waals surface area contributed by atoms with Crippen LogP contribution in [-0.4, -0.2) is 0 Å². The van der Waals surface area contributed by atoms with Crippen LogP contribution in [0, 0.1) is 0 Å². The molecule has 0 aromatic heterocycles. The molecule has 112 valence electrons. The maximum absolute atomic E-state index is 2.34. The summed E-state index contributed by atoms with van der Waals surface area (Å²) in [6, 6.07) is 13.3. The van der Waals surface area contributed by atoms with Gasteiger partial charge in [-0.1, -0.05) is 61.3 Å². The fourth-order valence-electron chi connectivity index (χ4n) is 2.78.